The Morgan fingerprint density at radius 3 is 2.71 bits per heavy atom. The molecule has 3 rings (SSSR count). The Kier molecular flexibility index (Phi) is 5.65. The summed E-state index contributed by atoms with van der Waals surface area (Å²) in [4.78, 5) is 19.6. The van der Waals surface area contributed by atoms with Crippen LogP contribution in [0.1, 0.15) is 4.88 Å². The van der Waals surface area contributed by atoms with E-state index < -0.39 is 0 Å². The van der Waals surface area contributed by atoms with E-state index in [4.69, 9.17) is 11.6 Å². The molecule has 0 atom stereocenters. The molecule has 0 aromatic carbocycles. The SMILES string of the molecule is CN(Cc1ccc(Cl)s1)C(=O)CN1CCN(c2cccnn2)CC1. The molecule has 2 aromatic heterocycles. The zero-order chi connectivity index (χ0) is 16.9. The summed E-state index contributed by atoms with van der Waals surface area (Å²) in [6, 6.07) is 7.69. The zero-order valence-corrected chi connectivity index (χ0v) is 15.1. The van der Waals surface area contributed by atoms with Crippen LogP contribution in [-0.2, 0) is 11.3 Å². The summed E-state index contributed by atoms with van der Waals surface area (Å²) < 4.78 is 0.756. The highest BCUT2D eigenvalue weighted by molar-refractivity contribution is 7.16. The fourth-order valence-electron chi connectivity index (χ4n) is 2.67. The number of nitrogens with zero attached hydrogens (tertiary/aromatic N) is 5. The highest BCUT2D eigenvalue weighted by Crippen LogP contribution is 2.22. The van der Waals surface area contributed by atoms with E-state index >= 15 is 0 Å². The highest BCUT2D eigenvalue weighted by Gasteiger charge is 2.21. The van der Waals surface area contributed by atoms with Gasteiger partial charge in [-0.25, -0.2) is 0 Å². The Morgan fingerprint density at radius 1 is 1.29 bits per heavy atom. The summed E-state index contributed by atoms with van der Waals surface area (Å²) in [5.74, 6) is 1.03. The molecule has 6 nitrogen and oxygen atoms in total. The molecule has 0 N–H and O–H groups in total. The van der Waals surface area contributed by atoms with Gasteiger partial charge in [-0.2, -0.15) is 5.10 Å². The molecular weight excluding hydrogens is 346 g/mol. The van der Waals surface area contributed by atoms with Crippen LogP contribution in [0.15, 0.2) is 30.5 Å². The lowest BCUT2D eigenvalue weighted by Crippen LogP contribution is -2.49. The largest absolute Gasteiger partial charge is 0.353 e. The lowest BCUT2D eigenvalue weighted by molar-refractivity contribution is -0.131. The average Bonchev–Trinajstić information content (AvgIpc) is 3.01. The van der Waals surface area contributed by atoms with Gasteiger partial charge in [0.1, 0.15) is 0 Å². The molecule has 1 saturated heterocycles. The average molecular weight is 366 g/mol. The molecule has 0 aliphatic carbocycles. The van der Waals surface area contributed by atoms with E-state index in [9.17, 15) is 4.79 Å². The number of rotatable bonds is 5. The van der Waals surface area contributed by atoms with E-state index in [1.54, 1.807) is 11.1 Å². The van der Waals surface area contributed by atoms with Gasteiger partial charge in [0.25, 0.3) is 0 Å². The second kappa shape index (κ2) is 7.92. The molecule has 3 heterocycles. The first-order chi connectivity index (χ1) is 11.6. The molecule has 0 saturated carbocycles. The quantitative estimate of drug-likeness (QED) is 0.810. The van der Waals surface area contributed by atoms with E-state index in [2.05, 4.69) is 20.0 Å². The number of carbonyl (C=O) groups excluding carboxylic acids is 1. The second-order valence-electron chi connectivity index (χ2n) is 5.80. The number of carbonyl (C=O) groups is 1. The molecule has 1 aliphatic rings. The van der Waals surface area contributed by atoms with Crippen LogP contribution in [0.4, 0.5) is 5.82 Å². The van der Waals surface area contributed by atoms with Crippen LogP contribution in [0.2, 0.25) is 4.34 Å². The number of likely N-dealkylation sites (N-methyl/N-ethyl adjacent to an activating group) is 1. The van der Waals surface area contributed by atoms with Gasteiger partial charge in [0.15, 0.2) is 5.82 Å². The lowest BCUT2D eigenvalue weighted by atomic mass is 10.3. The topological polar surface area (TPSA) is 52.6 Å². The Morgan fingerprint density at radius 2 is 2.08 bits per heavy atom. The summed E-state index contributed by atoms with van der Waals surface area (Å²) >= 11 is 7.45. The predicted octanol–water partition coefficient (Wildman–Crippen LogP) is 1.97. The summed E-state index contributed by atoms with van der Waals surface area (Å²) in [7, 11) is 1.84. The fourth-order valence-corrected chi connectivity index (χ4v) is 3.81. The molecule has 1 aliphatic heterocycles. The van der Waals surface area contributed by atoms with Crippen molar-refractivity contribution in [2.75, 3.05) is 44.7 Å². The number of piperazine rings is 1. The van der Waals surface area contributed by atoms with Crippen molar-refractivity contribution in [3.8, 4) is 0 Å². The van der Waals surface area contributed by atoms with E-state index in [1.807, 2.05) is 31.3 Å². The van der Waals surface area contributed by atoms with Gasteiger partial charge in [-0.3, -0.25) is 9.69 Å². The molecule has 128 valence electrons. The molecule has 24 heavy (non-hydrogen) atoms. The Hall–Kier alpha value is -1.70. The van der Waals surface area contributed by atoms with E-state index in [1.165, 1.54) is 11.3 Å². The van der Waals surface area contributed by atoms with Crippen LogP contribution < -0.4 is 4.90 Å². The van der Waals surface area contributed by atoms with Crippen LogP contribution in [0.25, 0.3) is 0 Å². The van der Waals surface area contributed by atoms with Gasteiger partial charge < -0.3 is 9.80 Å². The summed E-state index contributed by atoms with van der Waals surface area (Å²) in [5, 5.41) is 8.06. The maximum absolute atomic E-state index is 12.4. The number of aromatic nitrogens is 2. The Bertz CT molecular complexity index is 672. The van der Waals surface area contributed by atoms with Crippen molar-refractivity contribution in [2.45, 2.75) is 6.54 Å². The van der Waals surface area contributed by atoms with Crippen LogP contribution in [0, 0.1) is 0 Å². The maximum Gasteiger partial charge on any atom is 0.236 e. The van der Waals surface area contributed by atoms with Gasteiger partial charge in [-0.1, -0.05) is 11.6 Å². The van der Waals surface area contributed by atoms with Gasteiger partial charge in [-0.05, 0) is 24.3 Å². The number of halogens is 1. The second-order valence-corrected chi connectivity index (χ2v) is 7.60. The summed E-state index contributed by atoms with van der Waals surface area (Å²) in [5.41, 5.74) is 0. The smallest absolute Gasteiger partial charge is 0.236 e. The third kappa shape index (κ3) is 4.43. The molecule has 0 radical (unpaired) electrons. The molecular formula is C16H20ClN5OS. The molecule has 8 heteroatoms. The monoisotopic (exact) mass is 365 g/mol. The van der Waals surface area contributed by atoms with Gasteiger partial charge in [-0.15, -0.1) is 16.4 Å². The number of hydrogen-bond donors (Lipinski definition) is 0. The predicted molar refractivity (Wildman–Crippen MR) is 96.5 cm³/mol. The lowest BCUT2D eigenvalue weighted by Gasteiger charge is -2.35. The standard InChI is InChI=1S/C16H20ClN5OS/c1-20(11-13-4-5-14(17)24-13)16(23)12-21-7-9-22(10-8-21)15-3-2-6-18-19-15/h2-6H,7-12H2,1H3. The van der Waals surface area contributed by atoms with Gasteiger partial charge in [0.2, 0.25) is 5.91 Å². The zero-order valence-electron chi connectivity index (χ0n) is 13.6. The molecule has 1 fully saturated rings. The molecule has 0 spiro atoms. The minimum absolute atomic E-state index is 0.132. The van der Waals surface area contributed by atoms with Crippen molar-refractivity contribution in [1.82, 2.24) is 20.0 Å². The molecule has 0 bridgehead atoms. The Labute approximate surface area is 150 Å². The van der Waals surface area contributed by atoms with Crippen molar-refractivity contribution < 1.29 is 4.79 Å². The van der Waals surface area contributed by atoms with E-state index in [-0.39, 0.29) is 5.91 Å². The number of hydrogen-bond acceptors (Lipinski definition) is 6. The first-order valence-electron chi connectivity index (χ1n) is 7.85. The molecule has 0 unspecified atom stereocenters. The van der Waals surface area contributed by atoms with Crippen molar-refractivity contribution >= 4 is 34.7 Å². The number of amides is 1. The van der Waals surface area contributed by atoms with Crippen molar-refractivity contribution in [3.05, 3.63) is 39.7 Å². The third-order valence-corrected chi connectivity index (χ3v) is 5.28. The van der Waals surface area contributed by atoms with Crippen LogP contribution in [0.3, 0.4) is 0 Å². The van der Waals surface area contributed by atoms with Gasteiger partial charge >= 0.3 is 0 Å². The first kappa shape index (κ1) is 17.1. The molecule has 2 aromatic rings. The van der Waals surface area contributed by atoms with E-state index in [0.29, 0.717) is 13.1 Å². The Balaban J connectivity index is 1.46. The van der Waals surface area contributed by atoms with Gasteiger partial charge in [0.05, 0.1) is 17.4 Å². The van der Waals surface area contributed by atoms with Crippen molar-refractivity contribution in [2.24, 2.45) is 0 Å². The maximum atomic E-state index is 12.4. The van der Waals surface area contributed by atoms with Crippen LogP contribution in [-0.4, -0.2) is 65.7 Å². The van der Waals surface area contributed by atoms with Crippen LogP contribution in [0.5, 0.6) is 0 Å². The number of anilines is 1. The fraction of sp³-hybridized carbons (Fsp3) is 0.438. The minimum atomic E-state index is 0.132. The molecule has 1 amide bonds. The highest BCUT2D eigenvalue weighted by atomic mass is 35.5. The van der Waals surface area contributed by atoms with Crippen LogP contribution >= 0.6 is 22.9 Å². The van der Waals surface area contributed by atoms with Gasteiger partial charge in [0, 0.05) is 44.3 Å². The minimum Gasteiger partial charge on any atom is -0.353 e. The number of thiophene rings is 1. The normalized spacial score (nSPS) is 15.5. The van der Waals surface area contributed by atoms with E-state index in [0.717, 1.165) is 41.2 Å². The van der Waals surface area contributed by atoms with Crippen molar-refractivity contribution in [3.63, 3.8) is 0 Å². The van der Waals surface area contributed by atoms with Crippen molar-refractivity contribution in [1.29, 1.82) is 0 Å². The summed E-state index contributed by atoms with van der Waals surface area (Å²) in [6.45, 7) is 4.47. The first-order valence-corrected chi connectivity index (χ1v) is 9.04. The third-order valence-electron chi connectivity index (χ3n) is 4.06. The summed E-state index contributed by atoms with van der Waals surface area (Å²) in [6.07, 6.45) is 1.68.